The van der Waals surface area contributed by atoms with Gasteiger partial charge >= 0.3 is 5.97 Å². The molecule has 21 heavy (non-hydrogen) atoms. The van der Waals surface area contributed by atoms with Gasteiger partial charge in [0.2, 0.25) is 0 Å². The maximum atomic E-state index is 12.4. The van der Waals surface area contributed by atoms with Crippen LogP contribution in [0.25, 0.3) is 0 Å². The van der Waals surface area contributed by atoms with Gasteiger partial charge in [0, 0.05) is 26.2 Å². The first-order valence-corrected chi connectivity index (χ1v) is 6.32. The van der Waals surface area contributed by atoms with Crippen molar-refractivity contribution in [3.05, 3.63) is 28.1 Å². The van der Waals surface area contributed by atoms with E-state index >= 15 is 0 Å². The largest absolute Gasteiger partial charge is 0.481 e. The smallest absolute Gasteiger partial charge is 0.306 e. The average Bonchev–Trinajstić information content (AvgIpc) is 2.80. The Hall–Kier alpha value is -2.42. The maximum Gasteiger partial charge on any atom is 0.306 e. The first-order valence-electron chi connectivity index (χ1n) is 6.32. The van der Waals surface area contributed by atoms with E-state index in [1.165, 1.54) is 21.7 Å². The van der Waals surface area contributed by atoms with Crippen LogP contribution in [0.5, 0.6) is 0 Å². The zero-order valence-electron chi connectivity index (χ0n) is 11.4. The molecular formula is C12H15N3O6. The van der Waals surface area contributed by atoms with Gasteiger partial charge in [-0.05, 0) is 0 Å². The summed E-state index contributed by atoms with van der Waals surface area (Å²) in [6.45, 7) is 0.730. The molecule has 1 aromatic heterocycles. The van der Waals surface area contributed by atoms with Crippen LogP contribution < -0.4 is 0 Å². The van der Waals surface area contributed by atoms with Crippen LogP contribution in [-0.4, -0.2) is 57.2 Å². The number of nitro groups is 1. The van der Waals surface area contributed by atoms with E-state index in [0.29, 0.717) is 6.54 Å². The number of hydrogen-bond acceptors (Lipinski definition) is 5. The van der Waals surface area contributed by atoms with E-state index in [4.69, 9.17) is 9.84 Å². The van der Waals surface area contributed by atoms with Gasteiger partial charge in [-0.15, -0.1) is 0 Å². The number of carboxylic acid groups (broad SMARTS) is 1. The predicted octanol–water partition coefficient (Wildman–Crippen LogP) is 0.249. The third kappa shape index (κ3) is 3.37. The van der Waals surface area contributed by atoms with Crippen molar-refractivity contribution >= 4 is 17.6 Å². The SMILES string of the molecule is Cn1cc([N+](=O)[O-])cc1C(=O)N1CCOC(CC(=O)O)C1. The van der Waals surface area contributed by atoms with E-state index in [1.54, 1.807) is 7.05 Å². The number of amides is 1. The highest BCUT2D eigenvalue weighted by atomic mass is 16.6. The fourth-order valence-corrected chi connectivity index (χ4v) is 2.24. The number of hydrogen-bond donors (Lipinski definition) is 1. The lowest BCUT2D eigenvalue weighted by Crippen LogP contribution is -2.46. The molecule has 0 saturated carbocycles. The average molecular weight is 297 g/mol. The number of nitrogens with zero attached hydrogens (tertiary/aromatic N) is 3. The van der Waals surface area contributed by atoms with Crippen molar-refractivity contribution in [3.8, 4) is 0 Å². The third-order valence-electron chi connectivity index (χ3n) is 3.25. The normalized spacial score (nSPS) is 18.5. The number of aryl methyl sites for hydroxylation is 1. The molecule has 0 aliphatic carbocycles. The molecule has 114 valence electrons. The molecule has 1 amide bonds. The van der Waals surface area contributed by atoms with E-state index in [1.807, 2.05) is 0 Å². The van der Waals surface area contributed by atoms with Gasteiger partial charge in [0.1, 0.15) is 5.69 Å². The highest BCUT2D eigenvalue weighted by Gasteiger charge is 2.29. The highest BCUT2D eigenvalue weighted by Crippen LogP contribution is 2.18. The van der Waals surface area contributed by atoms with Gasteiger partial charge in [0.15, 0.2) is 0 Å². The molecule has 1 aromatic rings. The number of ether oxygens (including phenoxy) is 1. The minimum Gasteiger partial charge on any atom is -0.481 e. The van der Waals surface area contributed by atoms with Crippen molar-refractivity contribution in [2.75, 3.05) is 19.7 Å². The summed E-state index contributed by atoms with van der Waals surface area (Å²) in [4.78, 5) is 34.7. The van der Waals surface area contributed by atoms with Crippen molar-refractivity contribution in [3.63, 3.8) is 0 Å². The predicted molar refractivity (Wildman–Crippen MR) is 70.0 cm³/mol. The lowest BCUT2D eigenvalue weighted by Gasteiger charge is -2.32. The zero-order chi connectivity index (χ0) is 15.6. The summed E-state index contributed by atoms with van der Waals surface area (Å²) < 4.78 is 6.68. The Kier molecular flexibility index (Phi) is 4.22. The van der Waals surface area contributed by atoms with E-state index in [2.05, 4.69) is 0 Å². The molecule has 2 heterocycles. The first-order chi connectivity index (χ1) is 9.88. The molecule has 0 spiro atoms. The summed E-state index contributed by atoms with van der Waals surface area (Å²) in [5.41, 5.74) is 0.0360. The first kappa shape index (κ1) is 15.0. The Morgan fingerprint density at radius 3 is 2.86 bits per heavy atom. The topological polar surface area (TPSA) is 115 Å². The van der Waals surface area contributed by atoms with Gasteiger partial charge in [-0.1, -0.05) is 0 Å². The number of carbonyl (C=O) groups is 2. The van der Waals surface area contributed by atoms with Crippen LogP contribution in [-0.2, 0) is 16.6 Å². The monoisotopic (exact) mass is 297 g/mol. The summed E-state index contributed by atoms with van der Waals surface area (Å²) >= 11 is 0. The second-order valence-electron chi connectivity index (χ2n) is 4.79. The van der Waals surface area contributed by atoms with E-state index in [0.717, 1.165) is 0 Å². The number of rotatable bonds is 4. The minimum atomic E-state index is -0.996. The van der Waals surface area contributed by atoms with E-state index < -0.39 is 17.0 Å². The Bertz CT molecular complexity index is 582. The highest BCUT2D eigenvalue weighted by molar-refractivity contribution is 5.93. The van der Waals surface area contributed by atoms with Gasteiger partial charge in [0.25, 0.3) is 11.6 Å². The second kappa shape index (κ2) is 5.92. The second-order valence-corrected chi connectivity index (χ2v) is 4.79. The van der Waals surface area contributed by atoms with Gasteiger partial charge < -0.3 is 19.3 Å². The van der Waals surface area contributed by atoms with Gasteiger partial charge in [-0.2, -0.15) is 0 Å². The van der Waals surface area contributed by atoms with Crippen LogP contribution in [0, 0.1) is 10.1 Å². The Labute approximate surface area is 119 Å². The summed E-state index contributed by atoms with van der Waals surface area (Å²) in [6, 6.07) is 1.21. The molecule has 0 radical (unpaired) electrons. The van der Waals surface area contributed by atoms with Crippen LogP contribution in [0.2, 0.25) is 0 Å². The molecule has 1 saturated heterocycles. The Morgan fingerprint density at radius 1 is 1.57 bits per heavy atom. The van der Waals surface area contributed by atoms with Crippen LogP contribution in [0.3, 0.4) is 0 Å². The van der Waals surface area contributed by atoms with E-state index in [-0.39, 0.29) is 36.9 Å². The number of carbonyl (C=O) groups excluding carboxylic acids is 1. The number of aliphatic carboxylic acids is 1. The van der Waals surface area contributed by atoms with Crippen molar-refractivity contribution in [1.29, 1.82) is 0 Å². The zero-order valence-corrected chi connectivity index (χ0v) is 11.4. The van der Waals surface area contributed by atoms with E-state index in [9.17, 15) is 19.7 Å². The standard InChI is InChI=1S/C12H15N3O6/c1-13-6-8(15(19)20)4-10(13)12(18)14-2-3-21-9(7-14)5-11(16)17/h4,6,9H,2-3,5,7H2,1H3,(H,16,17). The molecular weight excluding hydrogens is 282 g/mol. The van der Waals surface area contributed by atoms with Gasteiger partial charge in [0.05, 0.1) is 30.3 Å². The quantitative estimate of drug-likeness (QED) is 0.629. The molecule has 1 fully saturated rings. The molecule has 1 N–H and O–H groups in total. The number of aromatic nitrogens is 1. The van der Waals surface area contributed by atoms with Crippen LogP contribution >= 0.6 is 0 Å². The third-order valence-corrected chi connectivity index (χ3v) is 3.25. The molecule has 1 aliphatic rings. The molecule has 2 rings (SSSR count). The molecule has 1 unspecified atom stereocenters. The molecule has 9 nitrogen and oxygen atoms in total. The minimum absolute atomic E-state index is 0.156. The van der Waals surface area contributed by atoms with Crippen molar-refractivity contribution < 1.29 is 24.4 Å². The lowest BCUT2D eigenvalue weighted by atomic mass is 10.2. The van der Waals surface area contributed by atoms with Crippen LogP contribution in [0.1, 0.15) is 16.9 Å². The van der Waals surface area contributed by atoms with Crippen LogP contribution in [0.15, 0.2) is 12.3 Å². The van der Waals surface area contributed by atoms with Crippen molar-refractivity contribution in [2.24, 2.45) is 7.05 Å². The number of carboxylic acids is 1. The molecule has 0 bridgehead atoms. The molecule has 1 atom stereocenters. The summed E-state index contributed by atoms with van der Waals surface area (Å²) in [7, 11) is 1.55. The maximum absolute atomic E-state index is 12.4. The summed E-state index contributed by atoms with van der Waals surface area (Å²) in [5.74, 6) is -1.37. The fourth-order valence-electron chi connectivity index (χ4n) is 2.24. The Balaban J connectivity index is 2.12. The summed E-state index contributed by atoms with van der Waals surface area (Å²) in [5, 5.41) is 19.5. The fraction of sp³-hybridized carbons (Fsp3) is 0.500. The van der Waals surface area contributed by atoms with Crippen LogP contribution in [0.4, 0.5) is 5.69 Å². The number of morpholine rings is 1. The Morgan fingerprint density at radius 2 is 2.29 bits per heavy atom. The molecule has 0 aromatic carbocycles. The molecule has 9 heteroatoms. The lowest BCUT2D eigenvalue weighted by molar-refractivity contribution is -0.384. The van der Waals surface area contributed by atoms with Gasteiger partial charge in [-0.3, -0.25) is 19.7 Å². The molecule has 1 aliphatic heterocycles. The van der Waals surface area contributed by atoms with Crippen molar-refractivity contribution in [2.45, 2.75) is 12.5 Å². The summed E-state index contributed by atoms with van der Waals surface area (Å²) in [6.07, 6.45) is 0.523. The van der Waals surface area contributed by atoms with Gasteiger partial charge in [-0.25, -0.2) is 0 Å². The van der Waals surface area contributed by atoms with Crippen molar-refractivity contribution in [1.82, 2.24) is 9.47 Å².